The summed E-state index contributed by atoms with van der Waals surface area (Å²) in [6.45, 7) is 1.90. The molecule has 0 aromatic heterocycles. The van der Waals surface area contributed by atoms with Gasteiger partial charge in [-0.15, -0.1) is 0 Å². The Morgan fingerprint density at radius 1 is 1.17 bits per heavy atom. The summed E-state index contributed by atoms with van der Waals surface area (Å²) in [4.78, 5) is 2.43. The molecule has 1 aromatic rings. The van der Waals surface area contributed by atoms with Crippen LogP contribution < -0.4 is 19.7 Å². The minimum Gasteiger partial charge on any atom is -0.493 e. The van der Waals surface area contributed by atoms with Gasteiger partial charge in [-0.25, -0.2) is 0 Å². The van der Waals surface area contributed by atoms with E-state index in [1.807, 2.05) is 0 Å². The highest BCUT2D eigenvalue weighted by molar-refractivity contribution is 5.78. The third-order valence-electron chi connectivity index (χ3n) is 5.26. The number of benzene rings is 1. The molecule has 2 aliphatic rings. The van der Waals surface area contributed by atoms with Crippen molar-refractivity contribution in [3.8, 4) is 17.6 Å². The lowest BCUT2D eigenvalue weighted by atomic mass is 9.79. The highest BCUT2D eigenvalue weighted by atomic mass is 16.5. The minimum atomic E-state index is 0.150. The average Bonchev–Trinajstić information content (AvgIpc) is 2.61. The average molecular weight is 329 g/mol. The molecule has 1 N–H and O–H groups in total. The summed E-state index contributed by atoms with van der Waals surface area (Å²) in [5.41, 5.74) is 2.43. The van der Waals surface area contributed by atoms with Gasteiger partial charge in [0.2, 0.25) is 0 Å². The second-order valence-electron chi connectivity index (χ2n) is 6.87. The summed E-state index contributed by atoms with van der Waals surface area (Å²) in [6, 6.07) is 6.37. The van der Waals surface area contributed by atoms with Crippen molar-refractivity contribution in [2.75, 3.05) is 37.5 Å². The number of rotatable bonds is 5. The predicted molar refractivity (Wildman–Crippen MR) is 96.0 cm³/mol. The lowest BCUT2D eigenvalue weighted by Gasteiger charge is -2.48. The Morgan fingerprint density at radius 3 is 2.54 bits per heavy atom. The number of nitrogens with one attached hydrogen (secondary N) is 1. The van der Waals surface area contributed by atoms with E-state index >= 15 is 0 Å². The Labute approximate surface area is 144 Å². The fraction of sp³-hybridized carbons (Fsp3) is 0.632. The fourth-order valence-electron chi connectivity index (χ4n) is 4.07. The van der Waals surface area contributed by atoms with E-state index in [9.17, 15) is 0 Å². The molecule has 1 spiro atoms. The van der Waals surface area contributed by atoms with Crippen molar-refractivity contribution >= 4 is 11.4 Å². The van der Waals surface area contributed by atoms with E-state index in [1.165, 1.54) is 32.1 Å². The SMILES string of the molecule is COc1cc2c(cc1OC)N(CCCC#N)CC1(CCCCC1)N2. The third kappa shape index (κ3) is 3.24. The second kappa shape index (κ2) is 7.21. The van der Waals surface area contributed by atoms with Gasteiger partial charge in [0, 0.05) is 31.6 Å². The van der Waals surface area contributed by atoms with E-state index in [0.717, 1.165) is 42.4 Å². The molecule has 0 radical (unpaired) electrons. The van der Waals surface area contributed by atoms with E-state index in [1.54, 1.807) is 14.2 Å². The molecule has 0 saturated heterocycles. The summed E-state index contributed by atoms with van der Waals surface area (Å²) >= 11 is 0. The summed E-state index contributed by atoms with van der Waals surface area (Å²) < 4.78 is 11.0. The van der Waals surface area contributed by atoms with Crippen LogP contribution in [0.1, 0.15) is 44.9 Å². The van der Waals surface area contributed by atoms with Gasteiger partial charge >= 0.3 is 0 Å². The molecule has 0 amide bonds. The zero-order valence-corrected chi connectivity index (χ0v) is 14.7. The van der Waals surface area contributed by atoms with Crippen molar-refractivity contribution in [2.45, 2.75) is 50.5 Å². The molecule has 0 atom stereocenters. The van der Waals surface area contributed by atoms with E-state index in [2.05, 4.69) is 28.4 Å². The normalized spacial score (nSPS) is 18.5. The molecule has 5 nitrogen and oxygen atoms in total. The molecule has 3 rings (SSSR count). The monoisotopic (exact) mass is 329 g/mol. The number of hydrogen-bond donors (Lipinski definition) is 1. The Morgan fingerprint density at radius 2 is 1.88 bits per heavy atom. The standard InChI is InChI=1S/C19H27N3O2/c1-23-17-12-15-16(13-18(17)24-2)22(11-7-6-10-20)14-19(21-15)8-4-3-5-9-19/h12-13,21H,3-9,11,14H2,1-2H3. The Hall–Kier alpha value is -2.09. The molecule has 130 valence electrons. The number of hydrogen-bond acceptors (Lipinski definition) is 5. The van der Waals surface area contributed by atoms with Crippen LogP contribution in [-0.2, 0) is 0 Å². The third-order valence-corrected chi connectivity index (χ3v) is 5.26. The Kier molecular flexibility index (Phi) is 5.03. The van der Waals surface area contributed by atoms with Gasteiger partial charge in [-0.2, -0.15) is 5.26 Å². The largest absolute Gasteiger partial charge is 0.493 e. The molecule has 0 unspecified atom stereocenters. The van der Waals surface area contributed by atoms with Crippen LogP contribution in [0.2, 0.25) is 0 Å². The van der Waals surface area contributed by atoms with Gasteiger partial charge in [0.15, 0.2) is 11.5 Å². The van der Waals surface area contributed by atoms with Crippen molar-refractivity contribution in [1.82, 2.24) is 0 Å². The van der Waals surface area contributed by atoms with Gasteiger partial charge in [0.25, 0.3) is 0 Å². The zero-order chi connectivity index (χ0) is 17.0. The molecule has 24 heavy (non-hydrogen) atoms. The molecule has 1 aliphatic heterocycles. The first-order valence-corrected chi connectivity index (χ1v) is 8.87. The first kappa shape index (κ1) is 16.8. The summed E-state index contributed by atoms with van der Waals surface area (Å²) in [5, 5.41) is 12.7. The van der Waals surface area contributed by atoms with Crippen molar-refractivity contribution in [2.24, 2.45) is 0 Å². The highest BCUT2D eigenvalue weighted by Gasteiger charge is 2.38. The number of fused-ring (bicyclic) bond motifs is 1. The summed E-state index contributed by atoms with van der Waals surface area (Å²) in [7, 11) is 3.34. The summed E-state index contributed by atoms with van der Waals surface area (Å²) in [5.74, 6) is 1.51. The lowest BCUT2D eigenvalue weighted by Crippen LogP contribution is -2.53. The van der Waals surface area contributed by atoms with Gasteiger partial charge in [0.05, 0.1) is 37.2 Å². The van der Waals surface area contributed by atoms with Gasteiger partial charge < -0.3 is 19.7 Å². The predicted octanol–water partition coefficient (Wildman–Crippen LogP) is 3.94. The molecule has 1 aliphatic carbocycles. The fourth-order valence-corrected chi connectivity index (χ4v) is 4.07. The smallest absolute Gasteiger partial charge is 0.162 e. The first-order valence-electron chi connectivity index (χ1n) is 8.87. The van der Waals surface area contributed by atoms with Crippen LogP contribution in [0, 0.1) is 11.3 Å². The first-order chi connectivity index (χ1) is 11.7. The van der Waals surface area contributed by atoms with Crippen molar-refractivity contribution < 1.29 is 9.47 Å². The highest BCUT2D eigenvalue weighted by Crippen LogP contribution is 2.45. The van der Waals surface area contributed by atoms with Crippen molar-refractivity contribution in [1.29, 1.82) is 5.26 Å². The van der Waals surface area contributed by atoms with E-state index in [0.29, 0.717) is 6.42 Å². The van der Waals surface area contributed by atoms with Gasteiger partial charge in [-0.3, -0.25) is 0 Å². The quantitative estimate of drug-likeness (QED) is 0.829. The number of unbranched alkanes of at least 4 members (excludes halogenated alkanes) is 1. The van der Waals surface area contributed by atoms with E-state index < -0.39 is 0 Å². The molecule has 5 heteroatoms. The Balaban J connectivity index is 1.94. The van der Waals surface area contributed by atoms with Crippen LogP contribution in [0.15, 0.2) is 12.1 Å². The number of nitrogens with zero attached hydrogens (tertiary/aromatic N) is 2. The number of methoxy groups -OCH3 is 2. The zero-order valence-electron chi connectivity index (χ0n) is 14.7. The molecular weight excluding hydrogens is 302 g/mol. The van der Waals surface area contributed by atoms with Gasteiger partial charge in [0.1, 0.15) is 0 Å². The molecule has 1 fully saturated rings. The van der Waals surface area contributed by atoms with Crippen LogP contribution in [0.3, 0.4) is 0 Å². The van der Waals surface area contributed by atoms with Crippen molar-refractivity contribution in [3.63, 3.8) is 0 Å². The van der Waals surface area contributed by atoms with Crippen LogP contribution >= 0.6 is 0 Å². The van der Waals surface area contributed by atoms with Crippen LogP contribution in [0.5, 0.6) is 11.5 Å². The van der Waals surface area contributed by atoms with Gasteiger partial charge in [-0.05, 0) is 19.3 Å². The van der Waals surface area contributed by atoms with E-state index in [4.69, 9.17) is 14.7 Å². The van der Waals surface area contributed by atoms with Crippen LogP contribution in [0.4, 0.5) is 11.4 Å². The lowest BCUT2D eigenvalue weighted by molar-refractivity contribution is 0.316. The number of nitriles is 1. The second-order valence-corrected chi connectivity index (χ2v) is 6.87. The maximum Gasteiger partial charge on any atom is 0.162 e. The molecule has 1 saturated carbocycles. The Bertz CT molecular complexity index is 618. The summed E-state index contributed by atoms with van der Waals surface area (Å²) in [6.07, 6.45) is 7.78. The van der Waals surface area contributed by atoms with Crippen molar-refractivity contribution in [3.05, 3.63) is 12.1 Å². The van der Waals surface area contributed by atoms with E-state index in [-0.39, 0.29) is 5.54 Å². The maximum atomic E-state index is 8.87. The van der Waals surface area contributed by atoms with Gasteiger partial charge in [-0.1, -0.05) is 19.3 Å². The molecule has 1 heterocycles. The topological polar surface area (TPSA) is 57.5 Å². The number of anilines is 2. The number of ether oxygens (including phenoxy) is 2. The van der Waals surface area contributed by atoms with Crippen LogP contribution in [-0.4, -0.2) is 32.8 Å². The molecule has 1 aromatic carbocycles. The molecule has 0 bridgehead atoms. The minimum absolute atomic E-state index is 0.150. The maximum absolute atomic E-state index is 8.87. The van der Waals surface area contributed by atoms with Crippen LogP contribution in [0.25, 0.3) is 0 Å². The molecular formula is C19H27N3O2.